The molecule has 5 heteroatoms. The van der Waals surface area contributed by atoms with Gasteiger partial charge in [-0.3, -0.25) is 0 Å². The van der Waals surface area contributed by atoms with Gasteiger partial charge in [-0.05, 0) is 46.5 Å². The van der Waals surface area contributed by atoms with Crippen LogP contribution in [-0.4, -0.2) is 0 Å². The summed E-state index contributed by atoms with van der Waals surface area (Å²) in [7, 11) is 0. The summed E-state index contributed by atoms with van der Waals surface area (Å²) in [4.78, 5) is 0. The van der Waals surface area contributed by atoms with Gasteiger partial charge in [0.1, 0.15) is 4.03 Å². The van der Waals surface area contributed by atoms with Gasteiger partial charge < -0.3 is 0 Å². The van der Waals surface area contributed by atoms with Crippen molar-refractivity contribution in [2.45, 2.75) is 0 Å². The van der Waals surface area contributed by atoms with Gasteiger partial charge in [0.05, 0.1) is 0 Å². The maximum absolute atomic E-state index is 3.17. The Kier molecular flexibility index (Phi) is 13.0. The zero-order valence-corrected chi connectivity index (χ0v) is 9.35. The van der Waals surface area contributed by atoms with Gasteiger partial charge in [-0.2, -0.15) is 9.90 Å². The van der Waals surface area contributed by atoms with Gasteiger partial charge in [-0.15, -0.1) is 0 Å². The van der Waals surface area contributed by atoms with E-state index in [-0.39, 0.29) is 13.9 Å². The first kappa shape index (κ1) is 10.3. The Hall–Kier alpha value is 2.30. The first-order valence-corrected chi connectivity index (χ1v) is 7.90. The Labute approximate surface area is 60.1 Å². The molecule has 0 aromatic rings. The molecular weight excluding hydrogens is 302 g/mol. The summed E-state index contributed by atoms with van der Waals surface area (Å²) in [6.45, 7) is 0. The maximum atomic E-state index is 3.17. The highest BCUT2D eigenvalue weighted by Crippen LogP contribution is 2.59. The van der Waals surface area contributed by atoms with Crippen LogP contribution in [0.1, 0.15) is 0 Å². The van der Waals surface area contributed by atoms with Crippen LogP contribution in [0.15, 0.2) is 0 Å². The van der Waals surface area contributed by atoms with Gasteiger partial charge >= 0.3 is 0 Å². The van der Waals surface area contributed by atoms with E-state index >= 15 is 0 Å². The van der Waals surface area contributed by atoms with Crippen LogP contribution in [0.5, 0.6) is 0 Å². The second kappa shape index (κ2) is 6.30. The topological polar surface area (TPSA) is 0 Å². The molecule has 34 valence electrons. The molecule has 0 bridgehead atoms. The minimum Gasteiger partial charge on any atom is -0.153 e. The van der Waals surface area contributed by atoms with Crippen molar-refractivity contribution in [3.63, 3.8) is 0 Å². The molecule has 0 saturated carbocycles. The van der Waals surface area contributed by atoms with Crippen molar-refractivity contribution in [2.75, 3.05) is 0 Å². The molecule has 0 rings (SSSR count). The van der Waals surface area contributed by atoms with Crippen molar-refractivity contribution in [3.05, 3.63) is 0 Å². The molecule has 0 aliphatic carbocycles. The lowest BCUT2D eigenvalue weighted by Gasteiger charge is -1.70. The molecule has 0 saturated heterocycles. The van der Waals surface area contributed by atoms with Crippen LogP contribution in [0.4, 0.5) is 0 Å². The second-order valence-corrected chi connectivity index (χ2v) is 15.5. The SMILES string of the molecule is BrP(Br)Br.P. The highest BCUT2D eigenvalue weighted by molar-refractivity contribution is 9.93. The summed E-state index contributed by atoms with van der Waals surface area (Å²) in [5.74, 6) is 0. The molecule has 0 nitrogen and oxygen atoms in total. The van der Waals surface area contributed by atoms with E-state index in [9.17, 15) is 0 Å². The van der Waals surface area contributed by atoms with E-state index in [2.05, 4.69) is 46.5 Å². The molecule has 0 aromatic heterocycles. The van der Waals surface area contributed by atoms with Crippen LogP contribution >= 0.6 is 60.4 Å². The normalized spacial score (nSPS) is 7.20. The lowest BCUT2D eigenvalue weighted by atomic mass is 30.9. The molecule has 0 aliphatic heterocycles. The van der Waals surface area contributed by atoms with Crippen LogP contribution in [0.25, 0.3) is 0 Å². The number of rotatable bonds is 0. The van der Waals surface area contributed by atoms with E-state index in [1.807, 2.05) is 0 Å². The predicted molar refractivity (Wildman–Crippen MR) is 44.8 cm³/mol. The Morgan fingerprint density at radius 2 is 1.00 bits per heavy atom. The average molecular weight is 305 g/mol. The monoisotopic (exact) mass is 302 g/mol. The maximum Gasteiger partial charge on any atom is 0.103 e. The zero-order chi connectivity index (χ0) is 3.58. The van der Waals surface area contributed by atoms with Crippen LogP contribution in [-0.2, 0) is 0 Å². The summed E-state index contributed by atoms with van der Waals surface area (Å²) >= 11 is 9.51. The van der Waals surface area contributed by atoms with Crippen LogP contribution in [0.3, 0.4) is 0 Å². The van der Waals surface area contributed by atoms with Gasteiger partial charge in [0.25, 0.3) is 0 Å². The van der Waals surface area contributed by atoms with Crippen LogP contribution in [0.2, 0.25) is 0 Å². The van der Waals surface area contributed by atoms with Crippen molar-refractivity contribution in [1.82, 2.24) is 0 Å². The standard InChI is InChI=1S/Br3P.H3P/c1-4(2)3;/h;1H3. The summed E-state index contributed by atoms with van der Waals surface area (Å²) in [5, 5.41) is 0. The van der Waals surface area contributed by atoms with Gasteiger partial charge in [-0.1, -0.05) is 0 Å². The van der Waals surface area contributed by atoms with Gasteiger partial charge in [-0.25, -0.2) is 0 Å². The van der Waals surface area contributed by atoms with Gasteiger partial charge in [0.2, 0.25) is 0 Å². The lowest BCUT2D eigenvalue weighted by molar-refractivity contribution is 5.92. The average Bonchev–Trinajstić information content (AvgIpc) is 0.811. The lowest BCUT2D eigenvalue weighted by Crippen LogP contribution is -0.878. The van der Waals surface area contributed by atoms with E-state index in [4.69, 9.17) is 0 Å². The molecule has 0 N–H and O–H groups in total. The van der Waals surface area contributed by atoms with Crippen molar-refractivity contribution < 1.29 is 0 Å². The third-order valence-corrected chi connectivity index (χ3v) is 0. The fourth-order valence-corrected chi connectivity index (χ4v) is 0. The van der Waals surface area contributed by atoms with Crippen LogP contribution < -0.4 is 0 Å². The van der Waals surface area contributed by atoms with E-state index in [0.717, 1.165) is 0 Å². The minimum atomic E-state index is -0.183. The quantitative estimate of drug-likeness (QED) is 0.601. The van der Waals surface area contributed by atoms with E-state index < -0.39 is 0 Å². The van der Waals surface area contributed by atoms with E-state index in [1.165, 1.54) is 0 Å². The zero-order valence-electron chi connectivity index (χ0n) is 2.29. The third kappa shape index (κ3) is 22.0. The fourth-order valence-electron chi connectivity index (χ4n) is 0. The van der Waals surface area contributed by atoms with Crippen LogP contribution in [0, 0.1) is 0 Å². The molecule has 0 aromatic carbocycles. The molecular formula is H3Br3P2. The molecule has 0 fully saturated rings. The molecule has 0 amide bonds. The molecule has 5 heavy (non-hydrogen) atoms. The first-order valence-electron chi connectivity index (χ1n) is 0.507. The number of halogens is 3. The third-order valence-electron chi connectivity index (χ3n) is 0. The van der Waals surface area contributed by atoms with Gasteiger partial charge in [0.15, 0.2) is 0 Å². The smallest absolute Gasteiger partial charge is 0.103 e. The Morgan fingerprint density at radius 1 is 1.00 bits per heavy atom. The van der Waals surface area contributed by atoms with E-state index in [1.54, 1.807) is 0 Å². The Bertz CT molecular complexity index is 9.61. The molecule has 0 radical (unpaired) electrons. The van der Waals surface area contributed by atoms with Crippen molar-refractivity contribution in [2.24, 2.45) is 0 Å². The van der Waals surface area contributed by atoms with Gasteiger partial charge in [0, 0.05) is 0 Å². The Balaban J connectivity index is 0. The minimum absolute atomic E-state index is 0. The largest absolute Gasteiger partial charge is 0.153 e. The predicted octanol–water partition coefficient (Wildman–Crippen LogP) is 3.46. The summed E-state index contributed by atoms with van der Waals surface area (Å²) in [6.07, 6.45) is 0. The van der Waals surface area contributed by atoms with Crippen molar-refractivity contribution >= 4 is 60.4 Å². The fraction of sp³-hybridized carbons (Fsp3) is 0. The highest BCUT2D eigenvalue weighted by Gasteiger charge is 1.77. The molecule has 0 aliphatic rings. The van der Waals surface area contributed by atoms with Crippen molar-refractivity contribution in [3.8, 4) is 0 Å². The second-order valence-electron chi connectivity index (χ2n) is 0.192. The number of hydrogen-bond donors (Lipinski definition) is 0. The molecule has 1 atom stereocenters. The molecule has 1 unspecified atom stereocenters. The Morgan fingerprint density at radius 3 is 1.00 bits per heavy atom. The summed E-state index contributed by atoms with van der Waals surface area (Å²) < 4.78 is -0.183. The summed E-state index contributed by atoms with van der Waals surface area (Å²) in [6, 6.07) is 0. The molecule has 0 heterocycles. The first-order chi connectivity index (χ1) is 1.73. The molecule has 0 spiro atoms. The number of hydrogen-bond acceptors (Lipinski definition) is 0. The summed E-state index contributed by atoms with van der Waals surface area (Å²) in [5.41, 5.74) is 0. The highest BCUT2D eigenvalue weighted by atomic mass is 80.0. The van der Waals surface area contributed by atoms with E-state index in [0.29, 0.717) is 0 Å². The van der Waals surface area contributed by atoms with Crippen molar-refractivity contribution in [1.29, 1.82) is 0 Å².